The van der Waals surface area contributed by atoms with Crippen molar-refractivity contribution in [3.05, 3.63) is 23.9 Å². The number of halogens is 1. The monoisotopic (exact) mass is 395 g/mol. The fourth-order valence-corrected chi connectivity index (χ4v) is 3.76. The Morgan fingerprint density at radius 3 is 2.78 bits per heavy atom. The van der Waals surface area contributed by atoms with E-state index in [1.54, 1.807) is 14.2 Å². The number of nitrogens with two attached hydrogens (primary N) is 1. The molecule has 3 rings (SSSR count). The first-order chi connectivity index (χ1) is 12.6. The van der Waals surface area contributed by atoms with Crippen LogP contribution in [0.2, 0.25) is 0 Å². The van der Waals surface area contributed by atoms with E-state index in [0.29, 0.717) is 6.54 Å². The van der Waals surface area contributed by atoms with E-state index in [4.69, 9.17) is 15.2 Å². The van der Waals surface area contributed by atoms with Crippen LogP contribution in [0.3, 0.4) is 0 Å². The smallest absolute Gasteiger partial charge is 0.223 e. The maximum Gasteiger partial charge on any atom is 0.223 e. The first kappa shape index (κ1) is 21.4. The molecule has 7 heteroatoms. The first-order valence-electron chi connectivity index (χ1n) is 9.37. The van der Waals surface area contributed by atoms with Gasteiger partial charge in [0.2, 0.25) is 5.91 Å². The first-order valence-corrected chi connectivity index (χ1v) is 9.37. The molecule has 0 spiro atoms. The summed E-state index contributed by atoms with van der Waals surface area (Å²) in [4.78, 5) is 15.7. The molecule has 1 fully saturated rings. The number of amides is 1. The van der Waals surface area contributed by atoms with Gasteiger partial charge in [-0.1, -0.05) is 6.42 Å². The molecular weight excluding hydrogens is 366 g/mol. The van der Waals surface area contributed by atoms with Gasteiger partial charge in [0.25, 0.3) is 0 Å². The van der Waals surface area contributed by atoms with Crippen molar-refractivity contribution in [1.29, 1.82) is 0 Å². The summed E-state index contributed by atoms with van der Waals surface area (Å²) >= 11 is 0. The summed E-state index contributed by atoms with van der Waals surface area (Å²) in [5.41, 5.74) is 8.09. The maximum absolute atomic E-state index is 12.2. The lowest BCUT2D eigenvalue weighted by atomic mass is 9.85. The fraction of sp³-hybridized carbons (Fsp3) is 0.550. The van der Waals surface area contributed by atoms with Gasteiger partial charge in [0.15, 0.2) is 0 Å². The van der Waals surface area contributed by atoms with Gasteiger partial charge >= 0.3 is 0 Å². The zero-order chi connectivity index (χ0) is 18.5. The van der Waals surface area contributed by atoms with Crippen LogP contribution in [-0.4, -0.2) is 37.7 Å². The van der Waals surface area contributed by atoms with Crippen LogP contribution in [0.15, 0.2) is 18.2 Å². The van der Waals surface area contributed by atoms with Crippen LogP contribution in [-0.2, 0) is 11.2 Å². The molecule has 150 valence electrons. The van der Waals surface area contributed by atoms with Crippen molar-refractivity contribution >= 4 is 29.2 Å². The predicted octanol–water partition coefficient (Wildman–Crippen LogP) is 3.17. The summed E-state index contributed by atoms with van der Waals surface area (Å²) < 4.78 is 10.8. The molecular formula is C20H30ClN3O3. The highest BCUT2D eigenvalue weighted by atomic mass is 35.5. The summed E-state index contributed by atoms with van der Waals surface area (Å²) in [6.07, 6.45) is 5.62. The molecule has 1 saturated carbocycles. The number of nitrogens with one attached hydrogen (secondary N) is 2. The SMILES string of the molecule is COc1cc(OC)c2cc(CCCNC(=O)C3CCCC(N)C3)[nH]c2c1.Cl. The van der Waals surface area contributed by atoms with E-state index in [9.17, 15) is 4.79 Å². The number of methoxy groups -OCH3 is 2. The number of H-pyrrole nitrogens is 1. The number of aromatic nitrogens is 1. The minimum absolute atomic E-state index is 0. The summed E-state index contributed by atoms with van der Waals surface area (Å²) in [6.45, 7) is 0.681. The topological polar surface area (TPSA) is 89.4 Å². The molecule has 0 aliphatic heterocycles. The van der Waals surface area contributed by atoms with Crippen molar-refractivity contribution in [1.82, 2.24) is 10.3 Å². The van der Waals surface area contributed by atoms with Crippen molar-refractivity contribution in [3.8, 4) is 11.5 Å². The maximum atomic E-state index is 12.2. The molecule has 1 heterocycles. The highest BCUT2D eigenvalue weighted by Crippen LogP contribution is 2.31. The Morgan fingerprint density at radius 1 is 1.26 bits per heavy atom. The van der Waals surface area contributed by atoms with Gasteiger partial charge in [-0.15, -0.1) is 12.4 Å². The fourth-order valence-electron chi connectivity index (χ4n) is 3.76. The van der Waals surface area contributed by atoms with Crippen molar-refractivity contribution in [2.45, 2.75) is 44.6 Å². The zero-order valence-electron chi connectivity index (χ0n) is 16.0. The number of hydrogen-bond acceptors (Lipinski definition) is 4. The quantitative estimate of drug-likeness (QED) is 0.628. The molecule has 2 aromatic rings. The molecule has 1 amide bonds. The second-order valence-corrected chi connectivity index (χ2v) is 7.10. The van der Waals surface area contributed by atoms with E-state index < -0.39 is 0 Å². The van der Waals surface area contributed by atoms with E-state index in [-0.39, 0.29) is 30.3 Å². The van der Waals surface area contributed by atoms with E-state index in [0.717, 1.165) is 66.6 Å². The van der Waals surface area contributed by atoms with Crippen molar-refractivity contribution in [3.63, 3.8) is 0 Å². The second-order valence-electron chi connectivity index (χ2n) is 7.10. The summed E-state index contributed by atoms with van der Waals surface area (Å²) in [7, 11) is 3.31. The van der Waals surface area contributed by atoms with Crippen LogP contribution in [0.25, 0.3) is 10.9 Å². The Labute approximate surface area is 166 Å². The van der Waals surface area contributed by atoms with Crippen LogP contribution >= 0.6 is 12.4 Å². The molecule has 6 nitrogen and oxygen atoms in total. The Kier molecular flexibility index (Phi) is 7.80. The standard InChI is InChI=1S/C20H29N3O3.ClH/c1-25-16-11-18-17(19(12-16)26-2)10-15(23-18)7-4-8-22-20(24)13-5-3-6-14(21)9-13;/h10-14,23H,3-9,21H2,1-2H3,(H,22,24);1H. The van der Waals surface area contributed by atoms with Gasteiger partial charge in [-0.25, -0.2) is 0 Å². The number of hydrogen-bond donors (Lipinski definition) is 3. The van der Waals surface area contributed by atoms with Gasteiger partial charge in [-0.2, -0.15) is 0 Å². The molecule has 2 unspecified atom stereocenters. The summed E-state index contributed by atoms with van der Waals surface area (Å²) in [5, 5.41) is 4.11. The third-order valence-corrected chi connectivity index (χ3v) is 5.19. The average Bonchev–Trinajstić information content (AvgIpc) is 3.06. The summed E-state index contributed by atoms with van der Waals surface area (Å²) in [5.74, 6) is 1.80. The van der Waals surface area contributed by atoms with Gasteiger partial charge in [-0.05, 0) is 38.2 Å². The van der Waals surface area contributed by atoms with Crippen LogP contribution in [0.5, 0.6) is 11.5 Å². The Morgan fingerprint density at radius 2 is 2.07 bits per heavy atom. The lowest BCUT2D eigenvalue weighted by molar-refractivity contribution is -0.126. The summed E-state index contributed by atoms with van der Waals surface area (Å²) in [6, 6.07) is 6.14. The third kappa shape index (κ3) is 5.30. The second kappa shape index (κ2) is 9.85. The van der Waals surface area contributed by atoms with Gasteiger partial charge in [0.05, 0.1) is 19.7 Å². The van der Waals surface area contributed by atoms with Crippen molar-refractivity contribution in [2.75, 3.05) is 20.8 Å². The highest BCUT2D eigenvalue weighted by Gasteiger charge is 2.24. The number of aromatic amines is 1. The van der Waals surface area contributed by atoms with Gasteiger partial charge in [0.1, 0.15) is 11.5 Å². The minimum atomic E-state index is 0. The third-order valence-electron chi connectivity index (χ3n) is 5.19. The molecule has 4 N–H and O–H groups in total. The van der Waals surface area contributed by atoms with Crippen LogP contribution < -0.4 is 20.5 Å². The van der Waals surface area contributed by atoms with Crippen LogP contribution in [0.4, 0.5) is 0 Å². The molecule has 27 heavy (non-hydrogen) atoms. The van der Waals surface area contributed by atoms with Crippen LogP contribution in [0.1, 0.15) is 37.8 Å². The number of benzene rings is 1. The largest absolute Gasteiger partial charge is 0.497 e. The predicted molar refractivity (Wildman–Crippen MR) is 110 cm³/mol. The Balaban J connectivity index is 0.00000261. The molecule has 1 aliphatic carbocycles. The number of aryl methyl sites for hydroxylation is 1. The van der Waals surface area contributed by atoms with E-state index in [1.807, 2.05) is 12.1 Å². The van der Waals surface area contributed by atoms with Gasteiger partial charge in [0, 0.05) is 41.7 Å². The molecule has 0 bridgehead atoms. The van der Waals surface area contributed by atoms with E-state index in [1.165, 1.54) is 0 Å². The molecule has 0 radical (unpaired) electrons. The van der Waals surface area contributed by atoms with E-state index >= 15 is 0 Å². The minimum Gasteiger partial charge on any atom is -0.497 e. The number of carbonyl (C=O) groups is 1. The van der Waals surface area contributed by atoms with Crippen molar-refractivity contribution in [2.24, 2.45) is 11.7 Å². The van der Waals surface area contributed by atoms with E-state index in [2.05, 4.69) is 16.4 Å². The van der Waals surface area contributed by atoms with Gasteiger partial charge < -0.3 is 25.5 Å². The zero-order valence-corrected chi connectivity index (χ0v) is 16.9. The molecule has 1 aromatic carbocycles. The number of carbonyl (C=O) groups excluding carboxylic acids is 1. The molecule has 1 aliphatic rings. The Hall–Kier alpha value is -1.92. The van der Waals surface area contributed by atoms with Gasteiger partial charge in [-0.3, -0.25) is 4.79 Å². The number of ether oxygens (including phenoxy) is 2. The molecule has 1 aromatic heterocycles. The Bertz CT molecular complexity index is 762. The number of rotatable bonds is 7. The highest BCUT2D eigenvalue weighted by molar-refractivity contribution is 5.88. The van der Waals surface area contributed by atoms with Crippen LogP contribution in [0, 0.1) is 5.92 Å². The molecule has 2 atom stereocenters. The van der Waals surface area contributed by atoms with Crippen molar-refractivity contribution < 1.29 is 14.3 Å². The number of fused-ring (bicyclic) bond motifs is 1. The average molecular weight is 396 g/mol. The molecule has 0 saturated heterocycles. The lowest BCUT2D eigenvalue weighted by Gasteiger charge is -2.25. The normalized spacial score (nSPS) is 19.4. The lowest BCUT2D eigenvalue weighted by Crippen LogP contribution is -2.38.